The van der Waals surface area contributed by atoms with E-state index in [0.717, 1.165) is 12.3 Å². The molecule has 1 saturated heterocycles. The summed E-state index contributed by atoms with van der Waals surface area (Å²) < 4.78 is 5.30. The zero-order chi connectivity index (χ0) is 13.7. The number of carbonyl (C=O) groups excluding carboxylic acids is 1. The van der Waals surface area contributed by atoms with Gasteiger partial charge >= 0.3 is 12.0 Å². The maximum Gasteiger partial charge on any atom is 0.332 e. The van der Waals surface area contributed by atoms with Crippen LogP contribution in [0.3, 0.4) is 0 Å². The number of rotatable bonds is 7. The van der Waals surface area contributed by atoms with E-state index in [1.54, 1.807) is 0 Å². The van der Waals surface area contributed by atoms with E-state index in [-0.39, 0.29) is 12.1 Å². The molecule has 0 spiro atoms. The van der Waals surface area contributed by atoms with E-state index in [2.05, 4.69) is 10.6 Å². The monoisotopic (exact) mass is 270 g/mol. The Hall–Kier alpha value is -1.30. The minimum Gasteiger partial charge on any atom is -0.479 e. The van der Waals surface area contributed by atoms with E-state index in [4.69, 9.17) is 9.84 Å². The van der Waals surface area contributed by atoms with Crippen molar-refractivity contribution in [2.45, 2.75) is 50.7 Å². The normalized spacial score (nSPS) is 26.1. The number of hydrogen-bond donors (Lipinski definition) is 3. The Bertz CT molecular complexity index is 331. The quantitative estimate of drug-likeness (QED) is 0.605. The number of hydrogen-bond acceptors (Lipinski definition) is 3. The van der Waals surface area contributed by atoms with Crippen LogP contribution in [0.25, 0.3) is 0 Å². The van der Waals surface area contributed by atoms with E-state index in [1.807, 2.05) is 0 Å². The molecule has 1 heterocycles. The molecular formula is C13H22N2O4. The first kappa shape index (κ1) is 14.1. The van der Waals surface area contributed by atoms with Crippen LogP contribution in [0.1, 0.15) is 38.5 Å². The van der Waals surface area contributed by atoms with Crippen LogP contribution >= 0.6 is 0 Å². The lowest BCUT2D eigenvalue weighted by Crippen LogP contribution is -2.40. The Morgan fingerprint density at radius 2 is 1.95 bits per heavy atom. The van der Waals surface area contributed by atoms with E-state index >= 15 is 0 Å². The van der Waals surface area contributed by atoms with E-state index in [0.29, 0.717) is 25.9 Å². The Morgan fingerprint density at radius 3 is 2.58 bits per heavy atom. The Kier molecular flexibility index (Phi) is 5.01. The fraction of sp³-hybridized carbons (Fsp3) is 0.846. The lowest BCUT2D eigenvalue weighted by molar-refractivity contribution is -0.149. The second kappa shape index (κ2) is 6.75. The molecule has 1 aliphatic heterocycles. The summed E-state index contributed by atoms with van der Waals surface area (Å²) in [6.07, 6.45) is 5.22. The van der Waals surface area contributed by atoms with Crippen molar-refractivity contribution < 1.29 is 19.4 Å². The van der Waals surface area contributed by atoms with Crippen LogP contribution in [0.15, 0.2) is 0 Å². The third kappa shape index (κ3) is 5.06. The minimum atomic E-state index is -0.924. The van der Waals surface area contributed by atoms with E-state index in [9.17, 15) is 9.59 Å². The molecule has 108 valence electrons. The second-order valence-electron chi connectivity index (χ2n) is 5.38. The van der Waals surface area contributed by atoms with Crippen LogP contribution < -0.4 is 10.6 Å². The lowest BCUT2D eigenvalue weighted by Gasteiger charge is -2.13. The number of carboxylic acids is 1. The molecule has 0 radical (unpaired) electrons. The number of ether oxygens (including phenoxy) is 1. The Morgan fingerprint density at radius 1 is 1.16 bits per heavy atom. The first-order valence-corrected chi connectivity index (χ1v) is 7.05. The van der Waals surface area contributed by atoms with Crippen LogP contribution in [-0.2, 0) is 9.53 Å². The molecule has 2 fully saturated rings. The average molecular weight is 270 g/mol. The molecule has 6 nitrogen and oxygen atoms in total. The zero-order valence-corrected chi connectivity index (χ0v) is 11.1. The summed E-state index contributed by atoms with van der Waals surface area (Å²) in [7, 11) is 0. The van der Waals surface area contributed by atoms with Crippen LogP contribution in [0.4, 0.5) is 4.79 Å². The molecule has 2 aliphatic rings. The summed E-state index contributed by atoms with van der Waals surface area (Å²) in [5, 5.41) is 14.3. The highest BCUT2D eigenvalue weighted by atomic mass is 16.5. The van der Waals surface area contributed by atoms with Crippen molar-refractivity contribution in [2.24, 2.45) is 5.92 Å². The molecule has 19 heavy (non-hydrogen) atoms. The highest BCUT2D eigenvalue weighted by molar-refractivity contribution is 5.74. The maximum atomic E-state index is 11.5. The zero-order valence-electron chi connectivity index (χ0n) is 11.1. The third-order valence-electron chi connectivity index (χ3n) is 3.64. The molecule has 2 unspecified atom stereocenters. The maximum absolute atomic E-state index is 11.5. The van der Waals surface area contributed by atoms with E-state index in [1.165, 1.54) is 19.3 Å². The smallest absolute Gasteiger partial charge is 0.332 e. The number of amides is 2. The average Bonchev–Trinajstić information content (AvgIpc) is 3.07. The Labute approximate surface area is 112 Å². The molecule has 1 saturated carbocycles. The number of urea groups is 1. The van der Waals surface area contributed by atoms with Crippen LogP contribution in [-0.4, -0.2) is 42.4 Å². The second-order valence-corrected chi connectivity index (χ2v) is 5.38. The van der Waals surface area contributed by atoms with Crippen molar-refractivity contribution in [1.82, 2.24) is 10.6 Å². The summed E-state index contributed by atoms with van der Waals surface area (Å²) in [5.74, 6) is -0.0308. The van der Waals surface area contributed by atoms with Crippen LogP contribution in [0.2, 0.25) is 0 Å². The van der Waals surface area contributed by atoms with Crippen molar-refractivity contribution in [3.05, 3.63) is 0 Å². The molecule has 1 aliphatic carbocycles. The molecule has 6 heteroatoms. The predicted octanol–water partition coefficient (Wildman–Crippen LogP) is 1.11. The van der Waals surface area contributed by atoms with Crippen molar-refractivity contribution in [1.29, 1.82) is 0 Å². The third-order valence-corrected chi connectivity index (χ3v) is 3.64. The predicted molar refractivity (Wildman–Crippen MR) is 68.9 cm³/mol. The summed E-state index contributed by atoms with van der Waals surface area (Å²) >= 11 is 0. The number of aliphatic carboxylic acids is 1. The Balaban J connectivity index is 1.50. The molecule has 0 bridgehead atoms. The van der Waals surface area contributed by atoms with Gasteiger partial charge in [0.1, 0.15) is 0 Å². The first-order chi connectivity index (χ1) is 9.15. The van der Waals surface area contributed by atoms with Gasteiger partial charge in [-0.3, -0.25) is 0 Å². The van der Waals surface area contributed by atoms with Crippen LogP contribution in [0, 0.1) is 5.92 Å². The SMILES string of the molecule is O=C(NCCCC1CC1)NCC1CCC(C(=O)O)O1. The van der Waals surface area contributed by atoms with Gasteiger partial charge in [0.25, 0.3) is 0 Å². The molecule has 0 aromatic heterocycles. The number of nitrogens with one attached hydrogen (secondary N) is 2. The molecule has 0 aromatic carbocycles. The first-order valence-electron chi connectivity index (χ1n) is 7.05. The standard InChI is InChI=1S/C13H22N2O4/c16-12(17)11-6-5-10(19-11)8-15-13(18)14-7-1-2-9-3-4-9/h9-11H,1-8H2,(H,16,17)(H2,14,15,18). The van der Waals surface area contributed by atoms with Crippen molar-refractivity contribution in [3.63, 3.8) is 0 Å². The van der Waals surface area contributed by atoms with Gasteiger partial charge in [-0.05, 0) is 31.6 Å². The highest BCUT2D eigenvalue weighted by Crippen LogP contribution is 2.33. The molecule has 3 N–H and O–H groups in total. The van der Waals surface area contributed by atoms with Crippen molar-refractivity contribution in [3.8, 4) is 0 Å². The van der Waals surface area contributed by atoms with Gasteiger partial charge in [-0.25, -0.2) is 9.59 Å². The van der Waals surface area contributed by atoms with Crippen molar-refractivity contribution >= 4 is 12.0 Å². The van der Waals surface area contributed by atoms with Gasteiger partial charge in [0, 0.05) is 13.1 Å². The number of carboxylic acid groups (broad SMARTS) is 1. The molecule has 2 atom stereocenters. The molecule has 0 aromatic rings. The van der Waals surface area contributed by atoms with Gasteiger partial charge in [-0.2, -0.15) is 0 Å². The van der Waals surface area contributed by atoms with E-state index < -0.39 is 12.1 Å². The van der Waals surface area contributed by atoms with Gasteiger partial charge < -0.3 is 20.5 Å². The minimum absolute atomic E-state index is 0.182. The van der Waals surface area contributed by atoms with Gasteiger partial charge in [-0.15, -0.1) is 0 Å². The summed E-state index contributed by atoms with van der Waals surface area (Å²) in [5.41, 5.74) is 0. The van der Waals surface area contributed by atoms with Gasteiger partial charge in [0.05, 0.1) is 6.10 Å². The van der Waals surface area contributed by atoms with Gasteiger partial charge in [-0.1, -0.05) is 12.8 Å². The highest BCUT2D eigenvalue weighted by Gasteiger charge is 2.30. The van der Waals surface area contributed by atoms with Gasteiger partial charge in [0.2, 0.25) is 0 Å². The summed E-state index contributed by atoms with van der Waals surface area (Å²) in [6, 6.07) is -0.196. The lowest BCUT2D eigenvalue weighted by atomic mass is 10.2. The largest absolute Gasteiger partial charge is 0.479 e. The summed E-state index contributed by atoms with van der Waals surface area (Å²) in [4.78, 5) is 22.2. The summed E-state index contributed by atoms with van der Waals surface area (Å²) in [6.45, 7) is 1.07. The molecule has 2 rings (SSSR count). The van der Waals surface area contributed by atoms with Gasteiger partial charge in [0.15, 0.2) is 6.10 Å². The number of carbonyl (C=O) groups is 2. The topological polar surface area (TPSA) is 87.7 Å². The fourth-order valence-electron chi connectivity index (χ4n) is 2.31. The molecule has 2 amide bonds. The van der Waals surface area contributed by atoms with Crippen LogP contribution in [0.5, 0.6) is 0 Å². The van der Waals surface area contributed by atoms with Crippen molar-refractivity contribution in [2.75, 3.05) is 13.1 Å². The molecular weight excluding hydrogens is 248 g/mol. The fourth-order valence-corrected chi connectivity index (χ4v) is 2.31.